The lowest BCUT2D eigenvalue weighted by Crippen LogP contribution is -2.50. The normalized spacial score (nSPS) is 16.6. The van der Waals surface area contributed by atoms with E-state index in [1.165, 1.54) is 33.5 Å². The summed E-state index contributed by atoms with van der Waals surface area (Å²) in [5, 5.41) is 4.66. The van der Waals surface area contributed by atoms with Gasteiger partial charge in [0, 0.05) is 71.0 Å². The molecule has 3 aromatic rings. The zero-order chi connectivity index (χ0) is 29.9. The number of thiazole rings is 1. The Balaban J connectivity index is 0.00000423. The van der Waals surface area contributed by atoms with Gasteiger partial charge in [0.1, 0.15) is 0 Å². The Morgan fingerprint density at radius 1 is 1.00 bits per heavy atom. The summed E-state index contributed by atoms with van der Waals surface area (Å²) in [7, 11) is -3.73. The number of anilines is 1. The molecular formula is C28H36Cl2N6O5S2. The average molecular weight is 672 g/mol. The number of carbonyl (C=O) groups is 2. The van der Waals surface area contributed by atoms with E-state index in [-0.39, 0.29) is 56.0 Å². The van der Waals surface area contributed by atoms with Crippen LogP contribution in [0.2, 0.25) is 5.02 Å². The lowest BCUT2D eigenvalue weighted by Gasteiger charge is -2.34. The second-order valence-corrected chi connectivity index (χ2v) is 13.6. The number of hydrogen-bond acceptors (Lipinski definition) is 9. The number of amides is 2. The summed E-state index contributed by atoms with van der Waals surface area (Å²) in [5.74, 6) is -0.248. The quantitative estimate of drug-likeness (QED) is 0.386. The first-order valence-electron chi connectivity index (χ1n) is 14.0. The molecule has 3 heterocycles. The number of rotatable bonds is 8. The Hall–Kier alpha value is -2.68. The number of fused-ring (bicyclic) bond motifs is 1. The summed E-state index contributed by atoms with van der Waals surface area (Å²) in [6.07, 6.45) is -0.433. The van der Waals surface area contributed by atoms with E-state index in [1.54, 1.807) is 18.3 Å². The summed E-state index contributed by atoms with van der Waals surface area (Å²) in [6.45, 7) is 9.57. The second-order valence-electron chi connectivity index (χ2n) is 10.2. The number of carbonyl (C=O) groups excluding carboxylic acids is 2. The van der Waals surface area contributed by atoms with Crippen molar-refractivity contribution in [2.75, 3.05) is 77.0 Å². The molecule has 2 aliphatic rings. The average Bonchev–Trinajstić information content (AvgIpc) is 3.47. The predicted octanol–water partition coefficient (Wildman–Crippen LogP) is 3.69. The van der Waals surface area contributed by atoms with Gasteiger partial charge >= 0.3 is 6.09 Å². The van der Waals surface area contributed by atoms with Gasteiger partial charge in [-0.15, -0.1) is 12.4 Å². The Morgan fingerprint density at radius 2 is 1.67 bits per heavy atom. The molecule has 2 saturated heterocycles. The Bertz CT molecular complexity index is 1500. The first-order valence-corrected chi connectivity index (χ1v) is 16.6. The molecule has 1 N–H and O–H groups in total. The minimum Gasteiger partial charge on any atom is -0.450 e. The minimum absolute atomic E-state index is 0. The highest BCUT2D eigenvalue weighted by Gasteiger charge is 2.30. The van der Waals surface area contributed by atoms with Crippen LogP contribution in [0.3, 0.4) is 0 Å². The van der Waals surface area contributed by atoms with Crippen LogP contribution in [-0.2, 0) is 14.8 Å². The molecule has 15 heteroatoms. The van der Waals surface area contributed by atoms with Crippen molar-refractivity contribution in [1.29, 1.82) is 0 Å². The van der Waals surface area contributed by atoms with Crippen molar-refractivity contribution in [3.63, 3.8) is 0 Å². The molecule has 0 unspecified atom stereocenters. The van der Waals surface area contributed by atoms with E-state index in [0.717, 1.165) is 52.1 Å². The maximum atomic E-state index is 13.1. The fourth-order valence-electron chi connectivity index (χ4n) is 5.07. The number of aromatic nitrogens is 1. The highest BCUT2D eigenvalue weighted by molar-refractivity contribution is 7.89. The number of ether oxygens (including phenoxy) is 1. The van der Waals surface area contributed by atoms with Gasteiger partial charge in [-0.1, -0.05) is 29.0 Å². The molecule has 1 aromatic heterocycles. The molecule has 0 bridgehead atoms. The van der Waals surface area contributed by atoms with Gasteiger partial charge in [0.2, 0.25) is 10.0 Å². The van der Waals surface area contributed by atoms with Crippen LogP contribution in [0.25, 0.3) is 10.2 Å². The van der Waals surface area contributed by atoms with Gasteiger partial charge in [-0.25, -0.2) is 18.2 Å². The van der Waals surface area contributed by atoms with Crippen LogP contribution in [0.1, 0.15) is 22.8 Å². The molecule has 43 heavy (non-hydrogen) atoms. The number of sulfonamides is 1. The molecule has 0 aliphatic carbocycles. The zero-order valence-electron chi connectivity index (χ0n) is 24.1. The van der Waals surface area contributed by atoms with Crippen LogP contribution in [0.4, 0.5) is 9.93 Å². The molecule has 0 spiro atoms. The van der Waals surface area contributed by atoms with Gasteiger partial charge in [-0.3, -0.25) is 9.69 Å². The van der Waals surface area contributed by atoms with Crippen LogP contribution in [0.5, 0.6) is 0 Å². The fourth-order valence-corrected chi connectivity index (χ4v) is 7.86. The van der Waals surface area contributed by atoms with Crippen molar-refractivity contribution in [1.82, 2.24) is 24.4 Å². The van der Waals surface area contributed by atoms with E-state index in [2.05, 4.69) is 15.1 Å². The first-order chi connectivity index (χ1) is 20.2. The molecule has 2 fully saturated rings. The largest absolute Gasteiger partial charge is 0.450 e. The summed E-state index contributed by atoms with van der Waals surface area (Å²) >= 11 is 8.01. The summed E-state index contributed by atoms with van der Waals surface area (Å²) in [6, 6.07) is 9.89. The molecule has 2 aromatic carbocycles. The number of halogens is 2. The molecule has 2 amide bonds. The SMILES string of the molecule is CCOC(=O)N1CCN(S(=O)(=O)c2ccc(C(=O)NCCN3CCN(c4nc5c(C)ccc(Cl)c5s4)CC3)cc2)CC1.Cl. The van der Waals surface area contributed by atoms with Gasteiger partial charge < -0.3 is 19.9 Å². The molecule has 0 atom stereocenters. The third-order valence-electron chi connectivity index (χ3n) is 7.56. The number of nitrogens with one attached hydrogen (secondary N) is 1. The molecule has 2 aliphatic heterocycles. The zero-order valence-corrected chi connectivity index (χ0v) is 27.3. The number of benzene rings is 2. The fraction of sp³-hybridized carbons (Fsp3) is 0.464. The van der Waals surface area contributed by atoms with Gasteiger partial charge in [0.15, 0.2) is 5.13 Å². The van der Waals surface area contributed by atoms with Gasteiger partial charge in [-0.05, 0) is 49.7 Å². The number of aryl methyl sites for hydroxylation is 1. The second kappa shape index (κ2) is 14.4. The summed E-state index contributed by atoms with van der Waals surface area (Å²) in [5.41, 5.74) is 2.48. The van der Waals surface area contributed by atoms with E-state index in [1.807, 2.05) is 19.1 Å². The van der Waals surface area contributed by atoms with Crippen molar-refractivity contribution in [2.24, 2.45) is 0 Å². The van der Waals surface area contributed by atoms with Crippen LogP contribution < -0.4 is 10.2 Å². The van der Waals surface area contributed by atoms with Crippen LogP contribution in [-0.4, -0.2) is 112 Å². The van der Waals surface area contributed by atoms with Crippen molar-refractivity contribution in [2.45, 2.75) is 18.7 Å². The van der Waals surface area contributed by atoms with Crippen molar-refractivity contribution >= 4 is 72.7 Å². The van der Waals surface area contributed by atoms with E-state index in [0.29, 0.717) is 18.7 Å². The summed E-state index contributed by atoms with van der Waals surface area (Å²) in [4.78, 5) is 35.6. The van der Waals surface area contributed by atoms with Gasteiger partial charge in [-0.2, -0.15) is 4.31 Å². The molecule has 5 rings (SSSR count). The van der Waals surface area contributed by atoms with Gasteiger partial charge in [0.05, 0.1) is 26.7 Å². The third-order valence-corrected chi connectivity index (χ3v) is 11.1. The topological polar surface area (TPSA) is 115 Å². The van der Waals surface area contributed by atoms with E-state index < -0.39 is 16.1 Å². The molecular weight excluding hydrogens is 635 g/mol. The lowest BCUT2D eigenvalue weighted by molar-refractivity contribution is 0.0932. The highest BCUT2D eigenvalue weighted by Crippen LogP contribution is 2.35. The van der Waals surface area contributed by atoms with E-state index in [9.17, 15) is 18.0 Å². The third kappa shape index (κ3) is 7.52. The molecule has 0 radical (unpaired) electrons. The first kappa shape index (κ1) is 33.2. The number of nitrogens with zero attached hydrogens (tertiary/aromatic N) is 5. The monoisotopic (exact) mass is 670 g/mol. The van der Waals surface area contributed by atoms with Gasteiger partial charge in [0.25, 0.3) is 5.91 Å². The molecule has 0 saturated carbocycles. The summed E-state index contributed by atoms with van der Waals surface area (Å²) < 4.78 is 33.5. The predicted molar refractivity (Wildman–Crippen MR) is 171 cm³/mol. The Labute approximate surface area is 267 Å². The molecule has 234 valence electrons. The molecule has 11 nitrogen and oxygen atoms in total. The Morgan fingerprint density at radius 3 is 2.30 bits per heavy atom. The van der Waals surface area contributed by atoms with Crippen LogP contribution in [0, 0.1) is 6.92 Å². The van der Waals surface area contributed by atoms with Crippen LogP contribution in [0.15, 0.2) is 41.3 Å². The van der Waals surface area contributed by atoms with Crippen molar-refractivity contribution in [3.05, 3.63) is 52.5 Å². The maximum absolute atomic E-state index is 13.1. The minimum atomic E-state index is -3.73. The van der Waals surface area contributed by atoms with E-state index >= 15 is 0 Å². The lowest BCUT2D eigenvalue weighted by atomic mass is 10.2. The van der Waals surface area contributed by atoms with Crippen molar-refractivity contribution < 1.29 is 22.7 Å². The highest BCUT2D eigenvalue weighted by atomic mass is 35.5. The number of piperazine rings is 2. The smallest absolute Gasteiger partial charge is 0.409 e. The van der Waals surface area contributed by atoms with E-state index in [4.69, 9.17) is 21.3 Å². The maximum Gasteiger partial charge on any atom is 0.409 e. The standard InChI is InChI=1S/C28H35ClN6O5S2.ClH/c1-3-40-28(37)34-16-18-35(19-17-34)42(38,39)22-7-5-21(6-8-22)26(36)30-10-11-32-12-14-33(15-13-32)27-31-24-20(2)4-9-23(29)25(24)41-27;/h4-9H,3,10-19H2,1-2H3,(H,30,36);1H. The number of hydrogen-bond donors (Lipinski definition) is 1. The van der Waals surface area contributed by atoms with Crippen LogP contribution >= 0.6 is 35.3 Å². The van der Waals surface area contributed by atoms with Crippen molar-refractivity contribution in [3.8, 4) is 0 Å². The Kier molecular flexibility index (Phi) is 11.1.